The Hall–Kier alpha value is -3.29. The summed E-state index contributed by atoms with van der Waals surface area (Å²) >= 11 is 0. The van der Waals surface area contributed by atoms with Gasteiger partial charge in [0.05, 0.1) is 13.3 Å². The maximum Gasteiger partial charge on any atom is 0.256 e. The number of imidazole rings is 1. The minimum atomic E-state index is -0.152. The first-order valence-corrected chi connectivity index (χ1v) is 9.75. The molecule has 3 aromatic rings. The summed E-state index contributed by atoms with van der Waals surface area (Å²) in [4.78, 5) is 27.2. The molecule has 1 saturated heterocycles. The van der Waals surface area contributed by atoms with Gasteiger partial charge in [0.15, 0.2) is 0 Å². The molecule has 1 aromatic carbocycles. The van der Waals surface area contributed by atoms with E-state index < -0.39 is 0 Å². The zero-order valence-corrected chi connectivity index (χ0v) is 16.7. The van der Waals surface area contributed by atoms with Gasteiger partial charge in [-0.2, -0.15) is 5.10 Å². The molecule has 0 bridgehead atoms. The molecule has 1 atom stereocenters. The maximum atomic E-state index is 12.8. The van der Waals surface area contributed by atoms with Crippen LogP contribution in [0.25, 0.3) is 5.65 Å². The van der Waals surface area contributed by atoms with E-state index in [0.717, 1.165) is 23.4 Å². The van der Waals surface area contributed by atoms with Crippen molar-refractivity contribution in [3.63, 3.8) is 0 Å². The third kappa shape index (κ3) is 3.96. The Kier molecular flexibility index (Phi) is 5.24. The van der Waals surface area contributed by atoms with E-state index in [-0.39, 0.29) is 17.9 Å². The molecule has 2 aromatic heterocycles. The second-order valence-corrected chi connectivity index (χ2v) is 7.40. The van der Waals surface area contributed by atoms with Gasteiger partial charge in [0.1, 0.15) is 17.0 Å². The number of rotatable bonds is 5. The summed E-state index contributed by atoms with van der Waals surface area (Å²) in [5.41, 5.74) is 2.33. The first-order chi connectivity index (χ1) is 14.0. The number of ether oxygens (including phenoxy) is 1. The molecule has 3 heterocycles. The summed E-state index contributed by atoms with van der Waals surface area (Å²) in [6.07, 6.45) is 7.03. The predicted octanol–water partition coefficient (Wildman–Crippen LogP) is 1.99. The van der Waals surface area contributed by atoms with Gasteiger partial charge in [0.25, 0.3) is 5.91 Å². The van der Waals surface area contributed by atoms with Crippen molar-refractivity contribution in [1.29, 1.82) is 0 Å². The molecule has 152 valence electrons. The van der Waals surface area contributed by atoms with Crippen LogP contribution in [0.4, 0.5) is 0 Å². The van der Waals surface area contributed by atoms with Crippen molar-refractivity contribution in [3.05, 3.63) is 54.0 Å². The summed E-state index contributed by atoms with van der Waals surface area (Å²) in [5, 5.41) is 7.31. The highest BCUT2D eigenvalue weighted by Crippen LogP contribution is 2.19. The van der Waals surface area contributed by atoms with Crippen LogP contribution < -0.4 is 10.1 Å². The number of aryl methyl sites for hydroxylation is 1. The summed E-state index contributed by atoms with van der Waals surface area (Å²) in [6, 6.07) is 7.71. The van der Waals surface area contributed by atoms with E-state index in [1.807, 2.05) is 53.2 Å². The Labute approximate surface area is 169 Å². The van der Waals surface area contributed by atoms with Crippen LogP contribution >= 0.6 is 0 Å². The van der Waals surface area contributed by atoms with Crippen molar-refractivity contribution < 1.29 is 14.3 Å². The van der Waals surface area contributed by atoms with E-state index in [1.54, 1.807) is 17.8 Å². The first kappa shape index (κ1) is 19.0. The second-order valence-electron chi connectivity index (χ2n) is 7.40. The highest BCUT2D eigenvalue weighted by Gasteiger charge is 2.25. The zero-order chi connectivity index (χ0) is 20.4. The maximum absolute atomic E-state index is 12.8. The monoisotopic (exact) mass is 395 g/mol. The number of likely N-dealkylation sites (tertiary alicyclic amines) is 1. The average molecular weight is 395 g/mol. The topological polar surface area (TPSA) is 80.9 Å². The third-order valence-electron chi connectivity index (χ3n) is 5.43. The fraction of sp³-hybridized carbons (Fsp3) is 0.381. The van der Waals surface area contributed by atoms with Crippen LogP contribution in [0.3, 0.4) is 0 Å². The SMILES string of the molecule is COc1cccc(CN2CCC(NC(=O)c3cnn4ccn(C)c34)CCC2=O)c1. The van der Waals surface area contributed by atoms with Crippen molar-refractivity contribution in [2.45, 2.75) is 31.8 Å². The molecule has 0 spiro atoms. The molecular formula is C21H25N5O3. The molecule has 8 nitrogen and oxygen atoms in total. The summed E-state index contributed by atoms with van der Waals surface area (Å²) in [7, 11) is 3.52. The number of carbonyl (C=O) groups is 2. The van der Waals surface area contributed by atoms with Crippen LogP contribution in [0.1, 0.15) is 35.2 Å². The minimum absolute atomic E-state index is 0.0445. The molecule has 1 unspecified atom stereocenters. The molecular weight excluding hydrogens is 370 g/mol. The van der Waals surface area contributed by atoms with Gasteiger partial charge in [-0.3, -0.25) is 9.59 Å². The van der Waals surface area contributed by atoms with E-state index in [1.165, 1.54) is 0 Å². The molecule has 0 radical (unpaired) electrons. The molecule has 1 aliphatic heterocycles. The second kappa shape index (κ2) is 7.98. The van der Waals surface area contributed by atoms with E-state index in [0.29, 0.717) is 31.5 Å². The van der Waals surface area contributed by atoms with Crippen LogP contribution in [0, 0.1) is 0 Å². The number of nitrogens with zero attached hydrogens (tertiary/aromatic N) is 4. The fourth-order valence-corrected chi connectivity index (χ4v) is 3.81. The minimum Gasteiger partial charge on any atom is -0.497 e. The van der Waals surface area contributed by atoms with Gasteiger partial charge in [-0.15, -0.1) is 0 Å². The molecule has 2 amide bonds. The van der Waals surface area contributed by atoms with Crippen LogP contribution in [0.15, 0.2) is 42.9 Å². The first-order valence-electron chi connectivity index (χ1n) is 9.75. The normalized spacial score (nSPS) is 17.4. The van der Waals surface area contributed by atoms with Crippen molar-refractivity contribution in [1.82, 2.24) is 24.4 Å². The predicted molar refractivity (Wildman–Crippen MR) is 108 cm³/mol. The van der Waals surface area contributed by atoms with Crippen molar-refractivity contribution in [2.75, 3.05) is 13.7 Å². The Balaban J connectivity index is 1.40. The van der Waals surface area contributed by atoms with Crippen LogP contribution in [0.2, 0.25) is 0 Å². The largest absolute Gasteiger partial charge is 0.497 e. The van der Waals surface area contributed by atoms with Gasteiger partial charge in [-0.25, -0.2) is 4.52 Å². The molecule has 4 rings (SSSR count). The molecule has 1 aliphatic rings. The molecule has 1 N–H and O–H groups in total. The van der Waals surface area contributed by atoms with Gasteiger partial charge in [0, 0.05) is 45.0 Å². The van der Waals surface area contributed by atoms with Crippen molar-refractivity contribution >= 4 is 17.5 Å². The van der Waals surface area contributed by atoms with Gasteiger partial charge in [-0.05, 0) is 30.5 Å². The summed E-state index contributed by atoms with van der Waals surface area (Å²) in [5.74, 6) is 0.739. The third-order valence-corrected chi connectivity index (χ3v) is 5.43. The van der Waals surface area contributed by atoms with Gasteiger partial charge in [-0.1, -0.05) is 12.1 Å². The molecule has 0 aliphatic carbocycles. The Morgan fingerprint density at radius 3 is 3.00 bits per heavy atom. The number of hydrogen-bond donors (Lipinski definition) is 1. The molecule has 8 heteroatoms. The number of hydrogen-bond acceptors (Lipinski definition) is 4. The van der Waals surface area contributed by atoms with E-state index >= 15 is 0 Å². The van der Waals surface area contributed by atoms with Crippen LogP contribution in [-0.4, -0.2) is 50.6 Å². The Morgan fingerprint density at radius 1 is 1.31 bits per heavy atom. The highest BCUT2D eigenvalue weighted by atomic mass is 16.5. The summed E-state index contributed by atoms with van der Waals surface area (Å²) in [6.45, 7) is 1.15. The number of benzene rings is 1. The Morgan fingerprint density at radius 2 is 2.17 bits per heavy atom. The number of methoxy groups -OCH3 is 1. The van der Waals surface area contributed by atoms with E-state index in [2.05, 4.69) is 10.4 Å². The van der Waals surface area contributed by atoms with E-state index in [4.69, 9.17) is 4.74 Å². The fourth-order valence-electron chi connectivity index (χ4n) is 3.81. The van der Waals surface area contributed by atoms with Crippen LogP contribution in [0.5, 0.6) is 5.75 Å². The lowest BCUT2D eigenvalue weighted by atomic mass is 10.1. The number of nitrogens with one attached hydrogen (secondary N) is 1. The lowest BCUT2D eigenvalue weighted by Gasteiger charge is -2.21. The number of carbonyl (C=O) groups excluding carboxylic acids is 2. The average Bonchev–Trinajstić information content (AvgIpc) is 3.27. The van der Waals surface area contributed by atoms with Gasteiger partial charge >= 0.3 is 0 Å². The number of amides is 2. The number of aromatic nitrogens is 3. The van der Waals surface area contributed by atoms with Crippen LogP contribution in [-0.2, 0) is 18.4 Å². The molecule has 0 saturated carbocycles. The van der Waals surface area contributed by atoms with Crippen molar-refractivity contribution in [2.24, 2.45) is 7.05 Å². The van der Waals surface area contributed by atoms with E-state index in [9.17, 15) is 9.59 Å². The lowest BCUT2D eigenvalue weighted by Crippen LogP contribution is -2.36. The zero-order valence-electron chi connectivity index (χ0n) is 16.7. The molecule has 1 fully saturated rings. The lowest BCUT2D eigenvalue weighted by molar-refractivity contribution is -0.131. The molecule has 29 heavy (non-hydrogen) atoms. The standard InChI is InChI=1S/C21H25N5O3/c1-24-10-11-26-21(24)18(13-22-26)20(28)23-16-6-7-19(27)25(9-8-16)14-15-4-3-5-17(12-15)29-2/h3-5,10-13,16H,6-9,14H2,1-2H3,(H,23,28). The smallest absolute Gasteiger partial charge is 0.256 e. The quantitative estimate of drug-likeness (QED) is 0.716. The van der Waals surface area contributed by atoms with Gasteiger partial charge in [0.2, 0.25) is 5.91 Å². The van der Waals surface area contributed by atoms with Gasteiger partial charge < -0.3 is 19.5 Å². The Bertz CT molecular complexity index is 1040. The van der Waals surface area contributed by atoms with Crippen molar-refractivity contribution in [3.8, 4) is 5.75 Å². The number of fused-ring (bicyclic) bond motifs is 1. The highest BCUT2D eigenvalue weighted by molar-refractivity contribution is 6.00. The summed E-state index contributed by atoms with van der Waals surface area (Å²) < 4.78 is 8.82.